The molecule has 2 N–H and O–H groups in total. The summed E-state index contributed by atoms with van der Waals surface area (Å²) in [5, 5.41) is 6.03. The van der Waals surface area contributed by atoms with Gasteiger partial charge in [0.1, 0.15) is 0 Å². The molecule has 0 saturated carbocycles. The Morgan fingerprint density at radius 1 is 1.31 bits per heavy atom. The Morgan fingerprint density at radius 2 is 2.00 bits per heavy atom. The summed E-state index contributed by atoms with van der Waals surface area (Å²) >= 11 is 0. The van der Waals surface area contributed by atoms with E-state index in [1.54, 1.807) is 0 Å². The summed E-state index contributed by atoms with van der Waals surface area (Å²) in [5.41, 5.74) is 1.20. The first kappa shape index (κ1) is 12.7. The Labute approximate surface area is 97.2 Å². The topological polar surface area (TPSA) is 41.1 Å². The van der Waals surface area contributed by atoms with Crippen molar-refractivity contribution in [2.45, 2.75) is 26.3 Å². The van der Waals surface area contributed by atoms with Crippen LogP contribution in [0, 0.1) is 0 Å². The van der Waals surface area contributed by atoms with Gasteiger partial charge in [0.25, 0.3) is 0 Å². The molecule has 0 bridgehead atoms. The molecule has 3 heteroatoms. The number of carbonyl (C=O) groups is 1. The molecule has 0 heterocycles. The van der Waals surface area contributed by atoms with Crippen LogP contribution in [0.3, 0.4) is 0 Å². The number of hydrogen-bond donors (Lipinski definition) is 2. The van der Waals surface area contributed by atoms with E-state index in [-0.39, 0.29) is 11.9 Å². The molecule has 0 fully saturated rings. The average Bonchev–Trinajstić information content (AvgIpc) is 2.34. The van der Waals surface area contributed by atoms with Crippen molar-refractivity contribution in [3.63, 3.8) is 0 Å². The largest absolute Gasteiger partial charge is 0.355 e. The second-order valence-electron chi connectivity index (χ2n) is 3.86. The minimum atomic E-state index is 0.0598. The third-order valence-electron chi connectivity index (χ3n) is 2.44. The first-order chi connectivity index (χ1) is 7.74. The molecule has 0 saturated heterocycles. The van der Waals surface area contributed by atoms with E-state index in [0.29, 0.717) is 6.54 Å². The lowest BCUT2D eigenvalue weighted by Crippen LogP contribution is -2.35. The van der Waals surface area contributed by atoms with Crippen LogP contribution in [0.15, 0.2) is 30.3 Å². The van der Waals surface area contributed by atoms with Gasteiger partial charge in [-0.3, -0.25) is 4.79 Å². The first-order valence-electron chi connectivity index (χ1n) is 5.79. The van der Waals surface area contributed by atoms with Crippen LogP contribution in [-0.4, -0.2) is 19.0 Å². The Hall–Kier alpha value is -1.35. The minimum Gasteiger partial charge on any atom is -0.355 e. The SMILES string of the molecule is CCCNC(=O)CN[C@@H](C)c1ccccc1. The number of rotatable bonds is 6. The molecular formula is C13H20N2O. The van der Waals surface area contributed by atoms with Crippen LogP contribution in [-0.2, 0) is 4.79 Å². The van der Waals surface area contributed by atoms with Crippen LogP contribution in [0.2, 0.25) is 0 Å². The highest BCUT2D eigenvalue weighted by Crippen LogP contribution is 2.10. The number of hydrogen-bond acceptors (Lipinski definition) is 2. The predicted octanol–water partition coefficient (Wildman–Crippen LogP) is 1.86. The van der Waals surface area contributed by atoms with Crippen LogP contribution < -0.4 is 10.6 Å². The number of amides is 1. The van der Waals surface area contributed by atoms with Gasteiger partial charge >= 0.3 is 0 Å². The summed E-state index contributed by atoms with van der Waals surface area (Å²) in [7, 11) is 0. The maximum absolute atomic E-state index is 11.4. The lowest BCUT2D eigenvalue weighted by molar-refractivity contribution is -0.120. The van der Waals surface area contributed by atoms with Crippen molar-refractivity contribution >= 4 is 5.91 Å². The van der Waals surface area contributed by atoms with Crippen LogP contribution in [0.25, 0.3) is 0 Å². The fourth-order valence-electron chi connectivity index (χ4n) is 1.43. The molecule has 0 unspecified atom stereocenters. The molecular weight excluding hydrogens is 200 g/mol. The summed E-state index contributed by atoms with van der Waals surface area (Å²) in [5.74, 6) is 0.0598. The van der Waals surface area contributed by atoms with Gasteiger partial charge < -0.3 is 10.6 Å². The van der Waals surface area contributed by atoms with Gasteiger partial charge in [0.05, 0.1) is 6.54 Å². The van der Waals surface area contributed by atoms with Crippen molar-refractivity contribution < 1.29 is 4.79 Å². The van der Waals surface area contributed by atoms with Crippen LogP contribution in [0.5, 0.6) is 0 Å². The average molecular weight is 220 g/mol. The van der Waals surface area contributed by atoms with E-state index in [4.69, 9.17) is 0 Å². The third kappa shape index (κ3) is 4.45. The van der Waals surface area contributed by atoms with Crippen LogP contribution in [0.1, 0.15) is 31.9 Å². The molecule has 16 heavy (non-hydrogen) atoms. The summed E-state index contributed by atoms with van der Waals surface area (Å²) in [6, 6.07) is 10.3. The standard InChI is InChI=1S/C13H20N2O/c1-3-9-14-13(16)10-15-11(2)12-7-5-4-6-8-12/h4-8,11,15H,3,9-10H2,1-2H3,(H,14,16)/t11-/m0/s1. The van der Waals surface area contributed by atoms with E-state index in [1.165, 1.54) is 5.56 Å². The van der Waals surface area contributed by atoms with Gasteiger partial charge in [-0.2, -0.15) is 0 Å². The van der Waals surface area contributed by atoms with Crippen molar-refractivity contribution in [2.24, 2.45) is 0 Å². The molecule has 1 aromatic carbocycles. The number of nitrogens with one attached hydrogen (secondary N) is 2. The summed E-state index contributed by atoms with van der Waals surface area (Å²) in [6.45, 7) is 5.22. The minimum absolute atomic E-state index is 0.0598. The second kappa shape index (κ2) is 7.01. The van der Waals surface area contributed by atoms with E-state index >= 15 is 0 Å². The highest BCUT2D eigenvalue weighted by Gasteiger charge is 2.06. The molecule has 1 aromatic rings. The molecule has 1 amide bonds. The van der Waals surface area contributed by atoms with Crippen LogP contribution >= 0.6 is 0 Å². The molecule has 0 aromatic heterocycles. The zero-order valence-electron chi connectivity index (χ0n) is 9.99. The van der Waals surface area contributed by atoms with E-state index in [1.807, 2.05) is 25.1 Å². The summed E-state index contributed by atoms with van der Waals surface area (Å²) in [4.78, 5) is 11.4. The van der Waals surface area contributed by atoms with Crippen molar-refractivity contribution in [1.29, 1.82) is 0 Å². The number of carbonyl (C=O) groups excluding carboxylic acids is 1. The monoisotopic (exact) mass is 220 g/mol. The quantitative estimate of drug-likeness (QED) is 0.768. The smallest absolute Gasteiger partial charge is 0.233 e. The van der Waals surface area contributed by atoms with E-state index in [0.717, 1.165) is 13.0 Å². The number of benzene rings is 1. The van der Waals surface area contributed by atoms with Crippen molar-refractivity contribution in [3.8, 4) is 0 Å². The van der Waals surface area contributed by atoms with Crippen molar-refractivity contribution in [2.75, 3.05) is 13.1 Å². The van der Waals surface area contributed by atoms with E-state index in [2.05, 4.69) is 29.7 Å². The van der Waals surface area contributed by atoms with Gasteiger partial charge in [0, 0.05) is 12.6 Å². The maximum atomic E-state index is 11.4. The molecule has 0 spiro atoms. The molecule has 88 valence electrons. The summed E-state index contributed by atoms with van der Waals surface area (Å²) < 4.78 is 0. The fraction of sp³-hybridized carbons (Fsp3) is 0.462. The second-order valence-corrected chi connectivity index (χ2v) is 3.86. The Morgan fingerprint density at radius 3 is 2.62 bits per heavy atom. The lowest BCUT2D eigenvalue weighted by Gasteiger charge is -2.13. The fourth-order valence-corrected chi connectivity index (χ4v) is 1.43. The third-order valence-corrected chi connectivity index (χ3v) is 2.44. The van der Waals surface area contributed by atoms with Gasteiger partial charge in [-0.1, -0.05) is 37.3 Å². The molecule has 0 radical (unpaired) electrons. The molecule has 0 aliphatic carbocycles. The maximum Gasteiger partial charge on any atom is 0.233 e. The molecule has 1 rings (SSSR count). The van der Waals surface area contributed by atoms with E-state index < -0.39 is 0 Å². The Balaban J connectivity index is 2.30. The lowest BCUT2D eigenvalue weighted by atomic mass is 10.1. The molecule has 0 aliphatic heterocycles. The van der Waals surface area contributed by atoms with Crippen molar-refractivity contribution in [1.82, 2.24) is 10.6 Å². The normalized spacial score (nSPS) is 12.1. The molecule has 1 atom stereocenters. The van der Waals surface area contributed by atoms with Gasteiger partial charge in [-0.25, -0.2) is 0 Å². The van der Waals surface area contributed by atoms with Gasteiger partial charge in [-0.05, 0) is 18.9 Å². The highest BCUT2D eigenvalue weighted by molar-refractivity contribution is 5.77. The zero-order chi connectivity index (χ0) is 11.8. The Kier molecular flexibility index (Phi) is 5.57. The van der Waals surface area contributed by atoms with Crippen molar-refractivity contribution in [3.05, 3.63) is 35.9 Å². The first-order valence-corrected chi connectivity index (χ1v) is 5.79. The van der Waals surface area contributed by atoms with Gasteiger partial charge in [0.2, 0.25) is 5.91 Å². The summed E-state index contributed by atoms with van der Waals surface area (Å²) in [6.07, 6.45) is 0.972. The molecule has 0 aliphatic rings. The highest BCUT2D eigenvalue weighted by atomic mass is 16.1. The predicted molar refractivity (Wildman–Crippen MR) is 66.2 cm³/mol. The zero-order valence-corrected chi connectivity index (χ0v) is 9.99. The van der Waals surface area contributed by atoms with Crippen LogP contribution in [0.4, 0.5) is 0 Å². The van der Waals surface area contributed by atoms with Gasteiger partial charge in [0.15, 0.2) is 0 Å². The van der Waals surface area contributed by atoms with E-state index in [9.17, 15) is 4.79 Å². The Bertz CT molecular complexity index is 311. The molecule has 3 nitrogen and oxygen atoms in total. The van der Waals surface area contributed by atoms with Gasteiger partial charge in [-0.15, -0.1) is 0 Å².